The molecule has 0 saturated carbocycles. The highest BCUT2D eigenvalue weighted by atomic mass is 16.5. The number of para-hydroxylation sites is 1. The van der Waals surface area contributed by atoms with Crippen molar-refractivity contribution >= 4 is 5.91 Å². The van der Waals surface area contributed by atoms with Gasteiger partial charge in [0.1, 0.15) is 5.75 Å². The van der Waals surface area contributed by atoms with Gasteiger partial charge in [0, 0.05) is 12.5 Å². The maximum absolute atomic E-state index is 11.5. The summed E-state index contributed by atoms with van der Waals surface area (Å²) in [5.74, 6) is 1.17. The number of nitrogens with zero attached hydrogens (tertiary/aromatic N) is 1. The van der Waals surface area contributed by atoms with Crippen LogP contribution >= 0.6 is 0 Å². The Balaban J connectivity index is 1.85. The van der Waals surface area contributed by atoms with Crippen LogP contribution in [-0.4, -0.2) is 36.5 Å². The highest BCUT2D eigenvalue weighted by Gasteiger charge is 2.28. The Bertz CT molecular complexity index is 422. The number of ether oxygens (including phenoxy) is 1. The predicted octanol–water partition coefficient (Wildman–Crippen LogP) is 2.04. The summed E-state index contributed by atoms with van der Waals surface area (Å²) >= 11 is 0. The van der Waals surface area contributed by atoms with Gasteiger partial charge in [-0.25, -0.2) is 0 Å². The van der Waals surface area contributed by atoms with Crippen LogP contribution in [0.2, 0.25) is 0 Å². The maximum atomic E-state index is 11.5. The van der Waals surface area contributed by atoms with Gasteiger partial charge in [-0.15, -0.1) is 0 Å². The number of amides is 1. The lowest BCUT2D eigenvalue weighted by atomic mass is 9.96. The van der Waals surface area contributed by atoms with Gasteiger partial charge in [-0.1, -0.05) is 25.1 Å². The van der Waals surface area contributed by atoms with Gasteiger partial charge in [-0.2, -0.15) is 0 Å². The summed E-state index contributed by atoms with van der Waals surface area (Å²) in [7, 11) is 0. The molecule has 0 spiro atoms. The molecule has 110 valence electrons. The number of benzene rings is 1. The van der Waals surface area contributed by atoms with Gasteiger partial charge in [-0.05, 0) is 37.9 Å². The summed E-state index contributed by atoms with van der Waals surface area (Å²) in [6.45, 7) is 4.58. The number of carbonyl (C=O) groups excluding carboxylic acids is 1. The average molecular weight is 276 g/mol. The Kier molecular flexibility index (Phi) is 5.41. The van der Waals surface area contributed by atoms with E-state index in [1.807, 2.05) is 37.3 Å². The van der Waals surface area contributed by atoms with E-state index in [2.05, 4.69) is 4.90 Å². The van der Waals surface area contributed by atoms with Crippen molar-refractivity contribution in [2.24, 2.45) is 11.7 Å². The van der Waals surface area contributed by atoms with Crippen LogP contribution in [0, 0.1) is 5.92 Å². The SMILES string of the molecule is CCC(C(N)=O)N1CCCC(COc2ccccc2)C1. The van der Waals surface area contributed by atoms with Gasteiger partial charge in [-0.3, -0.25) is 9.69 Å². The molecule has 4 nitrogen and oxygen atoms in total. The minimum absolute atomic E-state index is 0.130. The third-order valence-corrected chi connectivity index (χ3v) is 3.94. The number of piperidine rings is 1. The number of carbonyl (C=O) groups is 1. The fourth-order valence-electron chi connectivity index (χ4n) is 2.89. The molecule has 0 aromatic heterocycles. The molecule has 1 aliphatic rings. The van der Waals surface area contributed by atoms with Gasteiger partial charge in [0.05, 0.1) is 12.6 Å². The first-order chi connectivity index (χ1) is 9.70. The van der Waals surface area contributed by atoms with Crippen LogP contribution in [0.15, 0.2) is 30.3 Å². The Labute approximate surface area is 120 Å². The van der Waals surface area contributed by atoms with E-state index in [1.54, 1.807) is 0 Å². The summed E-state index contributed by atoms with van der Waals surface area (Å²) in [5, 5.41) is 0. The van der Waals surface area contributed by atoms with E-state index in [1.165, 1.54) is 0 Å². The first-order valence-electron chi connectivity index (χ1n) is 7.42. The normalized spacial score (nSPS) is 21.4. The standard InChI is InChI=1S/C16H24N2O2/c1-2-15(16(17)19)18-10-6-7-13(11-18)12-20-14-8-4-3-5-9-14/h3-5,8-9,13,15H,2,6-7,10-12H2,1H3,(H2,17,19). The van der Waals surface area contributed by atoms with Crippen LogP contribution in [0.25, 0.3) is 0 Å². The molecule has 1 fully saturated rings. The fourth-order valence-corrected chi connectivity index (χ4v) is 2.89. The van der Waals surface area contributed by atoms with Gasteiger partial charge in [0.2, 0.25) is 5.91 Å². The molecule has 20 heavy (non-hydrogen) atoms. The van der Waals surface area contributed by atoms with Crippen LogP contribution in [0.1, 0.15) is 26.2 Å². The molecule has 2 unspecified atom stereocenters. The van der Waals surface area contributed by atoms with E-state index in [0.29, 0.717) is 12.5 Å². The van der Waals surface area contributed by atoms with Crippen LogP contribution in [0.5, 0.6) is 5.75 Å². The third-order valence-electron chi connectivity index (χ3n) is 3.94. The second kappa shape index (κ2) is 7.29. The molecule has 0 bridgehead atoms. The first kappa shape index (κ1) is 14.9. The van der Waals surface area contributed by atoms with E-state index in [0.717, 1.165) is 38.1 Å². The molecule has 4 heteroatoms. The average Bonchev–Trinajstić information content (AvgIpc) is 2.47. The van der Waals surface area contributed by atoms with Gasteiger partial charge in [0.15, 0.2) is 0 Å². The molecule has 1 aromatic carbocycles. The van der Waals surface area contributed by atoms with Crippen LogP contribution in [-0.2, 0) is 4.79 Å². The second-order valence-corrected chi connectivity index (χ2v) is 5.45. The van der Waals surface area contributed by atoms with Gasteiger partial charge >= 0.3 is 0 Å². The van der Waals surface area contributed by atoms with Crippen molar-refractivity contribution in [1.82, 2.24) is 4.90 Å². The summed E-state index contributed by atoms with van der Waals surface area (Å²) in [5.41, 5.74) is 5.48. The number of nitrogens with two attached hydrogens (primary N) is 1. The number of primary amides is 1. The van der Waals surface area contributed by atoms with E-state index in [-0.39, 0.29) is 11.9 Å². The van der Waals surface area contributed by atoms with Crippen molar-refractivity contribution in [3.63, 3.8) is 0 Å². The molecule has 1 amide bonds. The molecule has 1 saturated heterocycles. The smallest absolute Gasteiger partial charge is 0.234 e. The van der Waals surface area contributed by atoms with Crippen LogP contribution in [0.3, 0.4) is 0 Å². The lowest BCUT2D eigenvalue weighted by Crippen LogP contribution is -2.49. The molecule has 1 aliphatic heterocycles. The quantitative estimate of drug-likeness (QED) is 0.865. The van der Waals surface area contributed by atoms with E-state index in [4.69, 9.17) is 10.5 Å². The summed E-state index contributed by atoms with van der Waals surface area (Å²) in [6, 6.07) is 9.74. The minimum Gasteiger partial charge on any atom is -0.493 e. The number of hydrogen-bond acceptors (Lipinski definition) is 3. The Morgan fingerprint density at radius 3 is 2.85 bits per heavy atom. The number of likely N-dealkylation sites (tertiary alicyclic amines) is 1. The molecule has 1 aromatic rings. The van der Waals surface area contributed by atoms with Crippen molar-refractivity contribution in [2.45, 2.75) is 32.2 Å². The van der Waals surface area contributed by atoms with Crippen molar-refractivity contribution in [1.29, 1.82) is 0 Å². The Hall–Kier alpha value is -1.55. The topological polar surface area (TPSA) is 55.6 Å². The van der Waals surface area contributed by atoms with Crippen LogP contribution < -0.4 is 10.5 Å². The van der Waals surface area contributed by atoms with Crippen molar-refractivity contribution < 1.29 is 9.53 Å². The molecule has 2 atom stereocenters. The summed E-state index contributed by atoms with van der Waals surface area (Å²) in [6.07, 6.45) is 3.03. The number of rotatable bonds is 6. The van der Waals surface area contributed by atoms with Crippen molar-refractivity contribution in [3.8, 4) is 5.75 Å². The second-order valence-electron chi connectivity index (χ2n) is 5.45. The lowest BCUT2D eigenvalue weighted by molar-refractivity contribution is -0.124. The van der Waals surface area contributed by atoms with E-state index >= 15 is 0 Å². The molecule has 2 N–H and O–H groups in total. The van der Waals surface area contributed by atoms with E-state index in [9.17, 15) is 4.79 Å². The van der Waals surface area contributed by atoms with Gasteiger partial charge < -0.3 is 10.5 Å². The fraction of sp³-hybridized carbons (Fsp3) is 0.562. The summed E-state index contributed by atoms with van der Waals surface area (Å²) < 4.78 is 5.82. The molecular weight excluding hydrogens is 252 g/mol. The third kappa shape index (κ3) is 3.97. The van der Waals surface area contributed by atoms with Crippen molar-refractivity contribution in [3.05, 3.63) is 30.3 Å². The summed E-state index contributed by atoms with van der Waals surface area (Å²) in [4.78, 5) is 13.7. The minimum atomic E-state index is -0.211. The van der Waals surface area contributed by atoms with E-state index < -0.39 is 0 Å². The zero-order valence-corrected chi connectivity index (χ0v) is 12.1. The largest absolute Gasteiger partial charge is 0.493 e. The lowest BCUT2D eigenvalue weighted by Gasteiger charge is -2.36. The first-order valence-corrected chi connectivity index (χ1v) is 7.42. The Morgan fingerprint density at radius 2 is 2.20 bits per heavy atom. The van der Waals surface area contributed by atoms with Crippen molar-refractivity contribution in [2.75, 3.05) is 19.7 Å². The highest BCUT2D eigenvalue weighted by molar-refractivity contribution is 5.79. The zero-order valence-electron chi connectivity index (χ0n) is 12.1. The van der Waals surface area contributed by atoms with Crippen LogP contribution in [0.4, 0.5) is 0 Å². The molecule has 0 aliphatic carbocycles. The number of hydrogen-bond donors (Lipinski definition) is 1. The zero-order chi connectivity index (χ0) is 14.4. The molecule has 2 rings (SSSR count). The maximum Gasteiger partial charge on any atom is 0.234 e. The monoisotopic (exact) mass is 276 g/mol. The van der Waals surface area contributed by atoms with Gasteiger partial charge in [0.25, 0.3) is 0 Å². The Morgan fingerprint density at radius 1 is 1.45 bits per heavy atom. The highest BCUT2D eigenvalue weighted by Crippen LogP contribution is 2.21. The molecule has 1 heterocycles. The molecule has 0 radical (unpaired) electrons. The predicted molar refractivity (Wildman–Crippen MR) is 79.5 cm³/mol. The molecular formula is C16H24N2O2.